The summed E-state index contributed by atoms with van der Waals surface area (Å²) in [5.74, 6) is 1.83. The fraction of sp³-hybridized carbons (Fsp3) is 0.278. The molecule has 0 bridgehead atoms. The third-order valence-electron chi connectivity index (χ3n) is 3.96. The summed E-state index contributed by atoms with van der Waals surface area (Å²) in [6.45, 7) is 1.72. The molecule has 0 radical (unpaired) electrons. The zero-order chi connectivity index (χ0) is 17.8. The van der Waals surface area contributed by atoms with E-state index >= 15 is 0 Å². The van der Waals surface area contributed by atoms with Crippen LogP contribution in [0.4, 0.5) is 0 Å². The zero-order valence-electron chi connectivity index (χ0n) is 14.1. The number of fused-ring (bicyclic) bond motifs is 2. The fourth-order valence-electron chi connectivity index (χ4n) is 2.69. The second kappa shape index (κ2) is 7.65. The van der Waals surface area contributed by atoms with Crippen molar-refractivity contribution in [1.29, 1.82) is 0 Å². The number of hydrogen-bond donors (Lipinski definition) is 1. The van der Waals surface area contributed by atoms with E-state index in [1.807, 2.05) is 47.0 Å². The summed E-state index contributed by atoms with van der Waals surface area (Å²) >= 11 is 1.37. The van der Waals surface area contributed by atoms with Crippen molar-refractivity contribution in [3.05, 3.63) is 48.2 Å². The van der Waals surface area contributed by atoms with Gasteiger partial charge in [-0.1, -0.05) is 23.9 Å². The quantitative estimate of drug-likeness (QED) is 0.669. The van der Waals surface area contributed by atoms with Crippen molar-refractivity contribution in [2.45, 2.75) is 11.6 Å². The summed E-state index contributed by atoms with van der Waals surface area (Å²) in [6, 6.07) is 11.6. The molecule has 134 valence electrons. The molecule has 1 amide bonds. The molecule has 0 fully saturated rings. The Morgan fingerprint density at radius 2 is 2.04 bits per heavy atom. The SMILES string of the molecule is O=C(CSc1nnc2ccccn12)NCCc1ccc2c(c1)OCCO2. The summed E-state index contributed by atoms with van der Waals surface area (Å²) in [5, 5.41) is 11.8. The molecule has 3 aromatic rings. The van der Waals surface area contributed by atoms with Crippen LogP contribution in [-0.2, 0) is 11.2 Å². The van der Waals surface area contributed by atoms with Gasteiger partial charge in [0.1, 0.15) is 13.2 Å². The van der Waals surface area contributed by atoms with E-state index in [1.165, 1.54) is 11.8 Å². The summed E-state index contributed by atoms with van der Waals surface area (Å²) in [4.78, 5) is 12.1. The molecule has 8 heteroatoms. The van der Waals surface area contributed by atoms with Crippen LogP contribution in [0.2, 0.25) is 0 Å². The molecule has 0 unspecified atom stereocenters. The standard InChI is InChI=1S/C18H18N4O3S/c23-17(12-26-18-21-20-16-3-1-2-8-22(16)18)19-7-6-13-4-5-14-15(11-13)25-10-9-24-14/h1-5,8,11H,6-7,9-10,12H2,(H,19,23). The summed E-state index contributed by atoms with van der Waals surface area (Å²) < 4.78 is 13.0. The van der Waals surface area contributed by atoms with Crippen LogP contribution in [0.3, 0.4) is 0 Å². The van der Waals surface area contributed by atoms with Crippen LogP contribution in [0, 0.1) is 0 Å². The van der Waals surface area contributed by atoms with E-state index in [2.05, 4.69) is 15.5 Å². The summed E-state index contributed by atoms with van der Waals surface area (Å²) in [7, 11) is 0. The van der Waals surface area contributed by atoms with Crippen LogP contribution in [0.15, 0.2) is 47.8 Å². The van der Waals surface area contributed by atoms with E-state index < -0.39 is 0 Å². The Morgan fingerprint density at radius 1 is 1.15 bits per heavy atom. The Bertz CT molecular complexity index is 928. The van der Waals surface area contributed by atoms with Gasteiger partial charge in [-0.15, -0.1) is 10.2 Å². The van der Waals surface area contributed by atoms with Gasteiger partial charge in [-0.2, -0.15) is 0 Å². The molecular formula is C18H18N4O3S. The van der Waals surface area contributed by atoms with Crippen molar-refractivity contribution < 1.29 is 14.3 Å². The number of aromatic nitrogens is 3. The molecular weight excluding hydrogens is 352 g/mol. The van der Waals surface area contributed by atoms with Gasteiger partial charge in [-0.3, -0.25) is 9.20 Å². The van der Waals surface area contributed by atoms with Crippen molar-refractivity contribution >= 4 is 23.3 Å². The van der Waals surface area contributed by atoms with E-state index in [4.69, 9.17) is 9.47 Å². The van der Waals surface area contributed by atoms with Gasteiger partial charge in [0.25, 0.3) is 0 Å². The molecule has 1 aliphatic rings. The van der Waals surface area contributed by atoms with Crippen LogP contribution < -0.4 is 14.8 Å². The third kappa shape index (κ3) is 3.75. The maximum Gasteiger partial charge on any atom is 0.230 e. The second-order valence-electron chi connectivity index (χ2n) is 5.78. The van der Waals surface area contributed by atoms with Crippen LogP contribution in [0.25, 0.3) is 5.65 Å². The van der Waals surface area contributed by atoms with Gasteiger partial charge in [-0.05, 0) is 36.2 Å². The Morgan fingerprint density at radius 3 is 2.96 bits per heavy atom. The van der Waals surface area contributed by atoms with Crippen molar-refractivity contribution in [3.8, 4) is 11.5 Å². The molecule has 2 aromatic heterocycles. The number of pyridine rings is 1. The van der Waals surface area contributed by atoms with Crippen molar-refractivity contribution in [2.24, 2.45) is 0 Å². The number of hydrogen-bond acceptors (Lipinski definition) is 6. The van der Waals surface area contributed by atoms with E-state index in [0.717, 1.165) is 29.1 Å². The lowest BCUT2D eigenvalue weighted by atomic mass is 10.1. The van der Waals surface area contributed by atoms with Gasteiger partial charge in [0.2, 0.25) is 5.91 Å². The third-order valence-corrected chi connectivity index (χ3v) is 4.90. The first-order valence-electron chi connectivity index (χ1n) is 8.37. The number of carbonyl (C=O) groups excluding carboxylic acids is 1. The molecule has 7 nitrogen and oxygen atoms in total. The lowest BCUT2D eigenvalue weighted by Gasteiger charge is -2.18. The van der Waals surface area contributed by atoms with Gasteiger partial charge < -0.3 is 14.8 Å². The molecule has 1 aromatic carbocycles. The van der Waals surface area contributed by atoms with Crippen LogP contribution in [0.1, 0.15) is 5.56 Å². The molecule has 4 rings (SSSR count). The number of nitrogens with zero attached hydrogens (tertiary/aromatic N) is 3. The van der Waals surface area contributed by atoms with Crippen LogP contribution in [0.5, 0.6) is 11.5 Å². The smallest absolute Gasteiger partial charge is 0.230 e. The largest absolute Gasteiger partial charge is 0.486 e. The lowest BCUT2D eigenvalue weighted by molar-refractivity contribution is -0.118. The number of carbonyl (C=O) groups is 1. The molecule has 26 heavy (non-hydrogen) atoms. The Balaban J connectivity index is 1.25. The topological polar surface area (TPSA) is 77.8 Å². The fourth-order valence-corrected chi connectivity index (χ4v) is 3.44. The predicted molar refractivity (Wildman–Crippen MR) is 97.9 cm³/mol. The molecule has 0 saturated carbocycles. The van der Waals surface area contributed by atoms with Crippen molar-refractivity contribution in [2.75, 3.05) is 25.5 Å². The summed E-state index contributed by atoms with van der Waals surface area (Å²) in [5.41, 5.74) is 1.87. The van der Waals surface area contributed by atoms with Gasteiger partial charge in [0.05, 0.1) is 5.75 Å². The lowest BCUT2D eigenvalue weighted by Crippen LogP contribution is -2.27. The number of thioether (sulfide) groups is 1. The summed E-state index contributed by atoms with van der Waals surface area (Å²) in [6.07, 6.45) is 2.62. The minimum atomic E-state index is -0.0276. The molecule has 3 heterocycles. The average Bonchev–Trinajstić information content (AvgIpc) is 3.09. The van der Waals surface area contributed by atoms with Crippen LogP contribution in [-0.4, -0.2) is 46.0 Å². The monoisotopic (exact) mass is 370 g/mol. The highest BCUT2D eigenvalue weighted by molar-refractivity contribution is 7.99. The number of nitrogens with one attached hydrogen (secondary N) is 1. The van der Waals surface area contributed by atoms with E-state index in [0.29, 0.717) is 30.7 Å². The molecule has 0 spiro atoms. The number of rotatable bonds is 6. The highest BCUT2D eigenvalue weighted by Crippen LogP contribution is 2.30. The molecule has 0 aliphatic carbocycles. The Labute approximate surface area is 154 Å². The van der Waals surface area contributed by atoms with E-state index in [1.54, 1.807) is 0 Å². The molecule has 1 aliphatic heterocycles. The molecule has 0 saturated heterocycles. The highest BCUT2D eigenvalue weighted by atomic mass is 32.2. The van der Waals surface area contributed by atoms with Crippen LogP contribution >= 0.6 is 11.8 Å². The number of ether oxygens (including phenoxy) is 2. The first-order valence-corrected chi connectivity index (χ1v) is 9.36. The second-order valence-corrected chi connectivity index (χ2v) is 6.72. The Hall–Kier alpha value is -2.74. The predicted octanol–water partition coefficient (Wildman–Crippen LogP) is 1.95. The van der Waals surface area contributed by atoms with Gasteiger partial charge >= 0.3 is 0 Å². The minimum Gasteiger partial charge on any atom is -0.486 e. The van der Waals surface area contributed by atoms with E-state index in [9.17, 15) is 4.79 Å². The average molecular weight is 370 g/mol. The maximum atomic E-state index is 12.1. The van der Waals surface area contributed by atoms with Gasteiger partial charge in [0, 0.05) is 12.7 Å². The molecule has 1 N–H and O–H groups in total. The molecule has 0 atom stereocenters. The first kappa shape index (κ1) is 16.7. The zero-order valence-corrected chi connectivity index (χ0v) is 14.9. The highest BCUT2D eigenvalue weighted by Gasteiger charge is 2.12. The van der Waals surface area contributed by atoms with Crippen molar-refractivity contribution in [3.63, 3.8) is 0 Å². The van der Waals surface area contributed by atoms with E-state index in [-0.39, 0.29) is 5.91 Å². The maximum absolute atomic E-state index is 12.1. The van der Waals surface area contributed by atoms with Crippen molar-refractivity contribution in [1.82, 2.24) is 19.9 Å². The van der Waals surface area contributed by atoms with Gasteiger partial charge in [-0.25, -0.2) is 0 Å². The minimum absolute atomic E-state index is 0.0276. The normalized spacial score (nSPS) is 12.9. The first-order chi connectivity index (χ1) is 12.8. The number of benzene rings is 1. The van der Waals surface area contributed by atoms with Gasteiger partial charge in [0.15, 0.2) is 22.3 Å². The number of amides is 1. The Kier molecular flexibility index (Phi) is 4.92.